The van der Waals surface area contributed by atoms with E-state index in [0.717, 1.165) is 0 Å². The topological polar surface area (TPSA) is 0 Å². The third-order valence-corrected chi connectivity index (χ3v) is 4.22. The fourth-order valence-electron chi connectivity index (χ4n) is 1.71. The molecule has 1 aromatic rings. The van der Waals surface area contributed by atoms with E-state index >= 15 is 0 Å². The molecule has 1 heterocycles. The van der Waals surface area contributed by atoms with Crippen LogP contribution in [0.1, 0.15) is 50.3 Å². The van der Waals surface area contributed by atoms with Crippen molar-refractivity contribution in [1.82, 2.24) is 0 Å². The van der Waals surface area contributed by atoms with Gasteiger partial charge in [0.2, 0.25) is 0 Å². The van der Waals surface area contributed by atoms with Crippen LogP contribution in [0.4, 0.5) is 0 Å². The first-order chi connectivity index (χ1) is 6.75. The van der Waals surface area contributed by atoms with Gasteiger partial charge in [-0.1, -0.05) is 55.1 Å². The molecule has 0 aromatic carbocycles. The second-order valence-electron chi connectivity index (χ2n) is 3.80. The van der Waals surface area contributed by atoms with Crippen molar-refractivity contribution in [3.63, 3.8) is 0 Å². The largest absolute Gasteiger partial charge is 0.149 e. The van der Waals surface area contributed by atoms with Crippen LogP contribution < -0.4 is 0 Å². The molecular weight excluding hydrogens is 256 g/mol. The summed E-state index contributed by atoms with van der Waals surface area (Å²) >= 11 is 5.61. The molecule has 0 radical (unpaired) electrons. The highest BCUT2D eigenvalue weighted by Gasteiger charge is 2.17. The Labute approximate surface area is 99.9 Å². The predicted octanol–water partition coefficient (Wildman–Crippen LogP) is 5.20. The lowest BCUT2D eigenvalue weighted by Crippen LogP contribution is -2.07. The average molecular weight is 275 g/mol. The van der Waals surface area contributed by atoms with E-state index in [0.29, 0.717) is 10.7 Å². The maximum absolute atomic E-state index is 3.72. The van der Waals surface area contributed by atoms with Crippen molar-refractivity contribution in [3.8, 4) is 0 Å². The minimum atomic E-state index is 0.595. The van der Waals surface area contributed by atoms with E-state index in [1.807, 2.05) is 11.3 Å². The molecule has 2 unspecified atom stereocenters. The number of hydrogen-bond donors (Lipinski definition) is 0. The number of thiophene rings is 1. The normalized spacial score (nSPS) is 15.4. The van der Waals surface area contributed by atoms with Crippen LogP contribution in [0.25, 0.3) is 0 Å². The molecule has 2 heteroatoms. The van der Waals surface area contributed by atoms with Gasteiger partial charge in [-0.25, -0.2) is 0 Å². The molecule has 0 amide bonds. The number of halogens is 1. The van der Waals surface area contributed by atoms with Crippen LogP contribution in [-0.4, -0.2) is 4.83 Å². The van der Waals surface area contributed by atoms with Crippen LogP contribution in [0.5, 0.6) is 0 Å². The Hall–Kier alpha value is 0.180. The molecular formula is C12H19BrS. The molecule has 14 heavy (non-hydrogen) atoms. The van der Waals surface area contributed by atoms with Gasteiger partial charge in [-0.05, 0) is 17.9 Å². The zero-order valence-electron chi connectivity index (χ0n) is 9.00. The summed E-state index contributed by atoms with van der Waals surface area (Å²) in [6.07, 6.45) is 5.35. The summed E-state index contributed by atoms with van der Waals surface area (Å²) in [5, 5.41) is 2.18. The molecule has 0 saturated heterocycles. The van der Waals surface area contributed by atoms with E-state index < -0.39 is 0 Å². The number of alkyl halides is 1. The van der Waals surface area contributed by atoms with Gasteiger partial charge in [-0.15, -0.1) is 11.3 Å². The zero-order chi connectivity index (χ0) is 10.4. The van der Waals surface area contributed by atoms with E-state index in [9.17, 15) is 0 Å². The quantitative estimate of drug-likeness (QED) is 0.494. The van der Waals surface area contributed by atoms with Crippen LogP contribution in [0, 0.1) is 0 Å². The summed E-state index contributed by atoms with van der Waals surface area (Å²) in [6.45, 7) is 4.52. The van der Waals surface area contributed by atoms with E-state index in [1.54, 1.807) is 0 Å². The van der Waals surface area contributed by atoms with Gasteiger partial charge < -0.3 is 0 Å². The summed E-state index contributed by atoms with van der Waals surface area (Å²) in [5.41, 5.74) is 0. The molecule has 0 N–H and O–H groups in total. The zero-order valence-corrected chi connectivity index (χ0v) is 11.4. The molecule has 1 rings (SSSR count). The third kappa shape index (κ3) is 3.74. The molecule has 2 atom stereocenters. The van der Waals surface area contributed by atoms with E-state index in [1.165, 1.54) is 30.6 Å². The van der Waals surface area contributed by atoms with Crippen LogP contribution in [-0.2, 0) is 0 Å². The highest BCUT2D eigenvalue weighted by molar-refractivity contribution is 9.09. The van der Waals surface area contributed by atoms with Crippen LogP contribution in [0.2, 0.25) is 0 Å². The van der Waals surface area contributed by atoms with Crippen molar-refractivity contribution in [2.75, 3.05) is 0 Å². The molecule has 0 aliphatic carbocycles. The monoisotopic (exact) mass is 274 g/mol. The van der Waals surface area contributed by atoms with Crippen molar-refractivity contribution in [2.45, 2.75) is 50.3 Å². The van der Waals surface area contributed by atoms with Crippen molar-refractivity contribution in [1.29, 1.82) is 0 Å². The maximum Gasteiger partial charge on any atom is 0.0194 e. The second kappa shape index (κ2) is 6.62. The van der Waals surface area contributed by atoms with Crippen molar-refractivity contribution < 1.29 is 0 Å². The lowest BCUT2D eigenvalue weighted by molar-refractivity contribution is 0.572. The lowest BCUT2D eigenvalue weighted by atomic mass is 9.97. The summed E-state index contributed by atoms with van der Waals surface area (Å²) in [4.78, 5) is 2.13. The summed E-state index contributed by atoms with van der Waals surface area (Å²) in [6, 6.07) is 4.42. The molecule has 0 nitrogen and oxygen atoms in total. The molecule has 1 aromatic heterocycles. The van der Waals surface area contributed by atoms with Gasteiger partial charge >= 0.3 is 0 Å². The van der Waals surface area contributed by atoms with Gasteiger partial charge in [0.25, 0.3) is 0 Å². The summed E-state index contributed by atoms with van der Waals surface area (Å²) < 4.78 is 0. The third-order valence-electron chi connectivity index (χ3n) is 2.58. The van der Waals surface area contributed by atoms with Crippen LogP contribution in [0.15, 0.2) is 17.5 Å². The van der Waals surface area contributed by atoms with Crippen molar-refractivity contribution >= 4 is 27.3 Å². The van der Waals surface area contributed by atoms with Crippen LogP contribution >= 0.6 is 27.3 Å². The Morgan fingerprint density at radius 1 is 1.43 bits per heavy atom. The van der Waals surface area contributed by atoms with E-state index in [2.05, 4.69) is 47.3 Å². The minimum Gasteiger partial charge on any atom is -0.149 e. The lowest BCUT2D eigenvalue weighted by Gasteiger charge is -2.17. The van der Waals surface area contributed by atoms with Gasteiger partial charge in [0.15, 0.2) is 0 Å². The second-order valence-corrected chi connectivity index (χ2v) is 6.22. The van der Waals surface area contributed by atoms with E-state index in [4.69, 9.17) is 0 Å². The van der Waals surface area contributed by atoms with Gasteiger partial charge in [-0.2, -0.15) is 0 Å². The molecule has 0 aliphatic rings. The SMILES string of the molecule is CCCCCC(c1cccs1)C(C)Br. The molecule has 0 spiro atoms. The molecule has 0 bridgehead atoms. The average Bonchev–Trinajstić information content (AvgIpc) is 2.64. The Bertz CT molecular complexity index is 228. The minimum absolute atomic E-state index is 0.595. The Balaban J connectivity index is 2.48. The molecule has 0 aliphatic heterocycles. The Kier molecular flexibility index (Phi) is 5.80. The smallest absolute Gasteiger partial charge is 0.0194 e. The maximum atomic E-state index is 3.72. The first-order valence-electron chi connectivity index (χ1n) is 5.43. The number of unbranched alkanes of at least 4 members (excludes halogenated alkanes) is 2. The standard InChI is InChI=1S/C12H19BrS/c1-3-4-5-7-11(10(2)13)12-8-6-9-14-12/h6,8-11H,3-5,7H2,1-2H3. The first-order valence-corrected chi connectivity index (χ1v) is 7.22. The summed E-state index contributed by atoms with van der Waals surface area (Å²) in [5.74, 6) is 0.710. The molecule has 80 valence electrons. The Morgan fingerprint density at radius 3 is 2.71 bits per heavy atom. The van der Waals surface area contributed by atoms with Crippen LogP contribution in [0.3, 0.4) is 0 Å². The van der Waals surface area contributed by atoms with E-state index in [-0.39, 0.29) is 0 Å². The van der Waals surface area contributed by atoms with Gasteiger partial charge in [0.05, 0.1) is 0 Å². The fourth-order valence-corrected chi connectivity index (χ4v) is 3.41. The van der Waals surface area contributed by atoms with Crippen molar-refractivity contribution in [3.05, 3.63) is 22.4 Å². The number of hydrogen-bond acceptors (Lipinski definition) is 1. The predicted molar refractivity (Wildman–Crippen MR) is 69.6 cm³/mol. The highest BCUT2D eigenvalue weighted by Crippen LogP contribution is 2.32. The van der Waals surface area contributed by atoms with Crippen molar-refractivity contribution in [2.24, 2.45) is 0 Å². The van der Waals surface area contributed by atoms with Gasteiger partial charge in [0, 0.05) is 15.6 Å². The first kappa shape index (κ1) is 12.3. The fraction of sp³-hybridized carbons (Fsp3) is 0.667. The Morgan fingerprint density at radius 2 is 2.21 bits per heavy atom. The summed E-state index contributed by atoms with van der Waals surface area (Å²) in [7, 11) is 0. The highest BCUT2D eigenvalue weighted by atomic mass is 79.9. The molecule has 0 fully saturated rings. The molecule has 0 saturated carbocycles. The van der Waals surface area contributed by atoms with Gasteiger partial charge in [0.1, 0.15) is 0 Å². The van der Waals surface area contributed by atoms with Gasteiger partial charge in [-0.3, -0.25) is 0 Å². The number of rotatable bonds is 6.